The maximum atomic E-state index is 5.31. The summed E-state index contributed by atoms with van der Waals surface area (Å²) < 4.78 is 5.31. The summed E-state index contributed by atoms with van der Waals surface area (Å²) in [6.45, 7) is 2.23. The second-order valence-electron chi connectivity index (χ2n) is 5.87. The van der Waals surface area contributed by atoms with E-state index in [4.69, 9.17) is 4.74 Å². The summed E-state index contributed by atoms with van der Waals surface area (Å²) >= 11 is 0. The highest BCUT2D eigenvalue weighted by Gasteiger charge is 2.20. The number of fused-ring (bicyclic) bond motifs is 1. The van der Waals surface area contributed by atoms with Crippen molar-refractivity contribution in [3.8, 4) is 5.75 Å². The third-order valence-electron chi connectivity index (χ3n) is 4.43. The zero-order chi connectivity index (χ0) is 14.7. The van der Waals surface area contributed by atoms with E-state index >= 15 is 0 Å². The maximum Gasteiger partial charge on any atom is 0.119 e. The third kappa shape index (κ3) is 3.27. The number of rotatable bonds is 4. The van der Waals surface area contributed by atoms with E-state index in [1.165, 1.54) is 29.5 Å². The van der Waals surface area contributed by atoms with Gasteiger partial charge in [0.2, 0.25) is 0 Å². The summed E-state index contributed by atoms with van der Waals surface area (Å²) in [5, 5.41) is 3.77. The zero-order valence-electron chi connectivity index (χ0n) is 12.8. The number of aryl methyl sites for hydroxylation is 1. The first-order valence-corrected chi connectivity index (χ1v) is 7.73. The molecule has 0 radical (unpaired) electrons. The molecular formula is C19H23NO. The number of ether oxygens (including phenoxy) is 1. The SMILES string of the molecule is COc1cccc([C@@H](C)NC2CCc3ccccc3C2)c1. The highest BCUT2D eigenvalue weighted by Crippen LogP contribution is 2.24. The fourth-order valence-electron chi connectivity index (χ4n) is 3.20. The van der Waals surface area contributed by atoms with Crippen molar-refractivity contribution in [2.45, 2.75) is 38.3 Å². The van der Waals surface area contributed by atoms with Gasteiger partial charge in [-0.3, -0.25) is 0 Å². The van der Waals surface area contributed by atoms with E-state index in [2.05, 4.69) is 54.7 Å². The molecule has 1 aliphatic carbocycles. The molecule has 0 aliphatic heterocycles. The molecule has 2 heteroatoms. The Hall–Kier alpha value is -1.80. The van der Waals surface area contributed by atoms with Crippen molar-refractivity contribution in [1.82, 2.24) is 5.32 Å². The molecule has 0 bridgehead atoms. The van der Waals surface area contributed by atoms with Crippen molar-refractivity contribution in [3.63, 3.8) is 0 Å². The second-order valence-corrected chi connectivity index (χ2v) is 5.87. The molecule has 21 heavy (non-hydrogen) atoms. The fourth-order valence-corrected chi connectivity index (χ4v) is 3.20. The van der Waals surface area contributed by atoms with Gasteiger partial charge < -0.3 is 10.1 Å². The van der Waals surface area contributed by atoms with E-state index in [0.29, 0.717) is 12.1 Å². The van der Waals surface area contributed by atoms with Gasteiger partial charge in [-0.25, -0.2) is 0 Å². The minimum atomic E-state index is 0.343. The first-order valence-electron chi connectivity index (χ1n) is 7.73. The molecule has 2 aromatic rings. The standard InChI is InChI=1S/C19H23NO/c1-14(16-8-5-9-19(13-16)21-2)20-18-11-10-15-6-3-4-7-17(15)12-18/h3-9,13-14,18,20H,10-12H2,1-2H3/t14-,18?/m1/s1. The van der Waals surface area contributed by atoms with Gasteiger partial charge in [0.05, 0.1) is 7.11 Å². The molecule has 1 N–H and O–H groups in total. The summed E-state index contributed by atoms with van der Waals surface area (Å²) in [5.41, 5.74) is 4.30. The Kier molecular flexibility index (Phi) is 4.26. The van der Waals surface area contributed by atoms with E-state index in [1.54, 1.807) is 7.11 Å². The quantitative estimate of drug-likeness (QED) is 0.917. The van der Waals surface area contributed by atoms with Crippen molar-refractivity contribution in [3.05, 3.63) is 65.2 Å². The smallest absolute Gasteiger partial charge is 0.119 e. The maximum absolute atomic E-state index is 5.31. The van der Waals surface area contributed by atoms with Crippen LogP contribution < -0.4 is 10.1 Å². The highest BCUT2D eigenvalue weighted by atomic mass is 16.5. The molecule has 2 nitrogen and oxygen atoms in total. The van der Waals surface area contributed by atoms with Crippen molar-refractivity contribution < 1.29 is 4.74 Å². The van der Waals surface area contributed by atoms with Crippen LogP contribution in [0.4, 0.5) is 0 Å². The van der Waals surface area contributed by atoms with Crippen LogP contribution >= 0.6 is 0 Å². The average molecular weight is 281 g/mol. The Morgan fingerprint density at radius 2 is 1.90 bits per heavy atom. The summed E-state index contributed by atoms with van der Waals surface area (Å²) in [5.74, 6) is 0.926. The van der Waals surface area contributed by atoms with E-state index in [9.17, 15) is 0 Å². The molecule has 0 saturated carbocycles. The van der Waals surface area contributed by atoms with Crippen LogP contribution in [0.15, 0.2) is 48.5 Å². The summed E-state index contributed by atoms with van der Waals surface area (Å²) in [4.78, 5) is 0. The third-order valence-corrected chi connectivity index (χ3v) is 4.43. The Labute approximate surface area is 127 Å². The molecule has 2 atom stereocenters. The lowest BCUT2D eigenvalue weighted by molar-refractivity contribution is 0.403. The van der Waals surface area contributed by atoms with E-state index in [-0.39, 0.29) is 0 Å². The number of hydrogen-bond donors (Lipinski definition) is 1. The number of benzene rings is 2. The van der Waals surface area contributed by atoms with E-state index < -0.39 is 0 Å². The second kappa shape index (κ2) is 6.31. The summed E-state index contributed by atoms with van der Waals surface area (Å²) in [6.07, 6.45) is 3.52. The zero-order valence-corrected chi connectivity index (χ0v) is 12.8. The first kappa shape index (κ1) is 14.2. The normalized spacial score (nSPS) is 18.9. The number of methoxy groups -OCH3 is 1. The molecule has 1 unspecified atom stereocenters. The predicted octanol–water partition coefficient (Wildman–Crippen LogP) is 3.90. The minimum absolute atomic E-state index is 0.343. The predicted molar refractivity (Wildman–Crippen MR) is 86.8 cm³/mol. The lowest BCUT2D eigenvalue weighted by atomic mass is 9.88. The van der Waals surface area contributed by atoms with E-state index in [1.807, 2.05) is 6.07 Å². The van der Waals surface area contributed by atoms with Gasteiger partial charge in [0.15, 0.2) is 0 Å². The molecule has 1 aliphatic rings. The molecule has 110 valence electrons. The van der Waals surface area contributed by atoms with Crippen LogP contribution in [0.25, 0.3) is 0 Å². The van der Waals surface area contributed by atoms with Crippen LogP contribution in [0.1, 0.15) is 36.1 Å². The van der Waals surface area contributed by atoms with Crippen molar-refractivity contribution in [1.29, 1.82) is 0 Å². The van der Waals surface area contributed by atoms with Gasteiger partial charge in [0.1, 0.15) is 5.75 Å². The Morgan fingerprint density at radius 1 is 1.10 bits per heavy atom. The number of hydrogen-bond acceptors (Lipinski definition) is 2. The van der Waals surface area contributed by atoms with Gasteiger partial charge in [-0.2, -0.15) is 0 Å². The lowest BCUT2D eigenvalue weighted by Gasteiger charge is -2.28. The van der Waals surface area contributed by atoms with Crippen molar-refractivity contribution >= 4 is 0 Å². The van der Waals surface area contributed by atoms with Gasteiger partial charge in [-0.15, -0.1) is 0 Å². The summed E-state index contributed by atoms with van der Waals surface area (Å²) in [7, 11) is 1.72. The highest BCUT2D eigenvalue weighted by molar-refractivity contribution is 5.32. The Balaban J connectivity index is 1.67. The largest absolute Gasteiger partial charge is 0.497 e. The Bertz CT molecular complexity index is 608. The molecule has 0 heterocycles. The van der Waals surface area contributed by atoms with Crippen LogP contribution in [0.5, 0.6) is 5.75 Å². The molecule has 2 aromatic carbocycles. The first-order chi connectivity index (χ1) is 10.3. The summed E-state index contributed by atoms with van der Waals surface area (Å²) in [6, 6.07) is 18.0. The van der Waals surface area contributed by atoms with Gasteiger partial charge in [0, 0.05) is 12.1 Å². The van der Waals surface area contributed by atoms with Gasteiger partial charge in [-0.05, 0) is 55.0 Å². The van der Waals surface area contributed by atoms with Gasteiger partial charge in [0.25, 0.3) is 0 Å². The van der Waals surface area contributed by atoms with Crippen LogP contribution in [0.3, 0.4) is 0 Å². The van der Waals surface area contributed by atoms with Crippen molar-refractivity contribution in [2.75, 3.05) is 7.11 Å². The molecule has 0 spiro atoms. The minimum Gasteiger partial charge on any atom is -0.497 e. The fraction of sp³-hybridized carbons (Fsp3) is 0.368. The molecule has 0 amide bonds. The van der Waals surface area contributed by atoms with Crippen LogP contribution in [0, 0.1) is 0 Å². The Morgan fingerprint density at radius 3 is 2.71 bits per heavy atom. The topological polar surface area (TPSA) is 21.3 Å². The van der Waals surface area contributed by atoms with Crippen LogP contribution in [0.2, 0.25) is 0 Å². The van der Waals surface area contributed by atoms with Gasteiger partial charge in [-0.1, -0.05) is 36.4 Å². The molecule has 0 saturated heterocycles. The molecular weight excluding hydrogens is 258 g/mol. The van der Waals surface area contributed by atoms with E-state index in [0.717, 1.165) is 12.2 Å². The molecule has 0 aromatic heterocycles. The average Bonchev–Trinajstić information content (AvgIpc) is 2.54. The van der Waals surface area contributed by atoms with Crippen molar-refractivity contribution in [2.24, 2.45) is 0 Å². The van der Waals surface area contributed by atoms with Crippen LogP contribution in [-0.2, 0) is 12.8 Å². The number of nitrogens with one attached hydrogen (secondary N) is 1. The van der Waals surface area contributed by atoms with Crippen LogP contribution in [-0.4, -0.2) is 13.2 Å². The molecule has 0 fully saturated rings. The monoisotopic (exact) mass is 281 g/mol. The van der Waals surface area contributed by atoms with Gasteiger partial charge >= 0.3 is 0 Å². The lowest BCUT2D eigenvalue weighted by Crippen LogP contribution is -2.36. The molecule has 3 rings (SSSR count).